The Kier molecular flexibility index (Phi) is 12.3. The number of amides is 2. The van der Waals surface area contributed by atoms with Gasteiger partial charge >= 0.3 is 12.1 Å². The van der Waals surface area contributed by atoms with Gasteiger partial charge in [-0.2, -0.15) is 0 Å². The monoisotopic (exact) mass is 414 g/mol. The minimum atomic E-state index is -1.14. The maximum atomic E-state index is 12.2. The van der Waals surface area contributed by atoms with Gasteiger partial charge in [0.2, 0.25) is 11.1 Å². The topological polar surface area (TPSA) is 122 Å². The Balaban J connectivity index is 0.00000165. The second-order valence-corrected chi connectivity index (χ2v) is 6.96. The molecule has 0 aliphatic carbocycles. The first kappa shape index (κ1) is 25.4. The molecule has 2 amide bonds. The van der Waals surface area contributed by atoms with Crippen LogP contribution in [0.4, 0.5) is 4.79 Å². The van der Waals surface area contributed by atoms with Crippen molar-refractivity contribution in [1.29, 1.82) is 0 Å². The average molecular weight is 415 g/mol. The Bertz CT molecular complexity index is 647. The van der Waals surface area contributed by atoms with Crippen molar-refractivity contribution in [3.05, 3.63) is 35.9 Å². The largest absolute Gasteiger partial charge is 0.480 e. The molecule has 9 heteroatoms. The molecule has 1 aromatic carbocycles. The van der Waals surface area contributed by atoms with Crippen molar-refractivity contribution in [2.45, 2.75) is 52.8 Å². The molecule has 0 aliphatic rings. The van der Waals surface area contributed by atoms with Crippen LogP contribution in [0.2, 0.25) is 0 Å². The number of ether oxygens (including phenoxy) is 1. The van der Waals surface area contributed by atoms with E-state index < -0.39 is 30.1 Å². The van der Waals surface area contributed by atoms with Crippen molar-refractivity contribution < 1.29 is 29.0 Å². The number of carbonyl (C=O) groups is 4. The van der Waals surface area contributed by atoms with E-state index in [1.54, 1.807) is 0 Å². The molecule has 156 valence electrons. The van der Waals surface area contributed by atoms with Crippen molar-refractivity contribution in [2.75, 3.05) is 0 Å². The number of halogens is 1. The van der Waals surface area contributed by atoms with Crippen molar-refractivity contribution in [2.24, 2.45) is 5.92 Å². The van der Waals surface area contributed by atoms with Crippen LogP contribution in [0.15, 0.2) is 30.3 Å². The van der Waals surface area contributed by atoms with E-state index >= 15 is 0 Å². The highest BCUT2D eigenvalue weighted by molar-refractivity contribution is 6.62. The highest BCUT2D eigenvalue weighted by Crippen LogP contribution is 2.07. The lowest BCUT2D eigenvalue weighted by Gasteiger charge is -2.21. The fourth-order valence-corrected chi connectivity index (χ4v) is 1.99. The minimum absolute atomic E-state index is 0.0915. The number of benzene rings is 1. The number of hydrogen-bond donors (Lipinski definition) is 3. The smallest absolute Gasteiger partial charge is 0.408 e. The number of carbonyl (C=O) groups excluding carboxylic acids is 3. The molecule has 0 saturated heterocycles. The summed E-state index contributed by atoms with van der Waals surface area (Å²) in [5.41, 5.74) is 0.831. The number of aliphatic carboxylic acids is 1. The molecule has 0 aromatic heterocycles. The van der Waals surface area contributed by atoms with Gasteiger partial charge in [0.05, 0.1) is 0 Å². The lowest BCUT2D eigenvalue weighted by atomic mass is 10.0. The lowest BCUT2D eigenvalue weighted by molar-refractivity contribution is -0.141. The van der Waals surface area contributed by atoms with Crippen LogP contribution in [0.1, 0.15) is 39.7 Å². The van der Waals surface area contributed by atoms with E-state index in [2.05, 4.69) is 22.2 Å². The molecule has 0 fully saturated rings. The quantitative estimate of drug-likeness (QED) is 0.562. The van der Waals surface area contributed by atoms with Crippen LogP contribution in [-0.4, -0.2) is 40.4 Å². The zero-order valence-corrected chi connectivity index (χ0v) is 17.2. The molecule has 1 rings (SSSR count). The van der Waals surface area contributed by atoms with Gasteiger partial charge < -0.3 is 20.5 Å². The molecular formula is C19H27ClN2O6. The number of nitrogens with one attached hydrogen (secondary N) is 2. The number of carboxylic acid groups (broad SMARTS) is 1. The van der Waals surface area contributed by atoms with Gasteiger partial charge in [0, 0.05) is 6.92 Å². The van der Waals surface area contributed by atoms with Crippen molar-refractivity contribution in [3.8, 4) is 0 Å². The van der Waals surface area contributed by atoms with Gasteiger partial charge in [-0.25, -0.2) is 4.79 Å². The van der Waals surface area contributed by atoms with Gasteiger partial charge in [0.25, 0.3) is 0 Å². The molecule has 2 atom stereocenters. The maximum absolute atomic E-state index is 12.2. The molecule has 0 aliphatic heterocycles. The summed E-state index contributed by atoms with van der Waals surface area (Å²) in [5.74, 6) is -1.55. The van der Waals surface area contributed by atoms with Crippen LogP contribution in [0, 0.1) is 5.92 Å². The van der Waals surface area contributed by atoms with E-state index in [1.807, 2.05) is 44.2 Å². The molecule has 0 spiro atoms. The summed E-state index contributed by atoms with van der Waals surface area (Å²) in [7, 11) is 0. The van der Waals surface area contributed by atoms with Crippen molar-refractivity contribution in [1.82, 2.24) is 10.6 Å². The Morgan fingerprint density at radius 1 is 1.07 bits per heavy atom. The predicted molar refractivity (Wildman–Crippen MR) is 105 cm³/mol. The highest BCUT2D eigenvalue weighted by Gasteiger charge is 2.25. The molecule has 0 bridgehead atoms. The maximum Gasteiger partial charge on any atom is 0.408 e. The Hall–Kier alpha value is -2.61. The highest BCUT2D eigenvalue weighted by atomic mass is 35.5. The first-order chi connectivity index (χ1) is 13.0. The number of rotatable bonds is 8. The van der Waals surface area contributed by atoms with E-state index in [0.29, 0.717) is 6.42 Å². The van der Waals surface area contributed by atoms with Crippen LogP contribution in [0.25, 0.3) is 0 Å². The normalized spacial score (nSPS) is 12.1. The molecule has 0 unspecified atom stereocenters. The third-order valence-corrected chi connectivity index (χ3v) is 3.26. The summed E-state index contributed by atoms with van der Waals surface area (Å²) in [4.78, 5) is 44.1. The Labute approximate surface area is 169 Å². The molecule has 1 aromatic rings. The Morgan fingerprint density at radius 3 is 2.07 bits per heavy atom. The Morgan fingerprint density at radius 2 is 1.61 bits per heavy atom. The van der Waals surface area contributed by atoms with E-state index in [1.165, 1.54) is 13.8 Å². The van der Waals surface area contributed by atoms with Crippen LogP contribution < -0.4 is 10.6 Å². The lowest BCUT2D eigenvalue weighted by Crippen LogP contribution is -2.51. The SMILES string of the molecule is CC(=O)Cl.CC(C)C[C@H](NC(=O)OCc1ccccc1)C(=O)N[C@@H](C)C(=O)O. The summed E-state index contributed by atoms with van der Waals surface area (Å²) in [6.45, 7) is 6.55. The molecule has 0 heterocycles. The fourth-order valence-electron chi connectivity index (χ4n) is 1.99. The fraction of sp³-hybridized carbons (Fsp3) is 0.474. The molecule has 3 N–H and O–H groups in total. The zero-order valence-electron chi connectivity index (χ0n) is 16.4. The van der Waals surface area contributed by atoms with Gasteiger partial charge in [-0.05, 0) is 36.4 Å². The van der Waals surface area contributed by atoms with E-state index in [-0.39, 0.29) is 17.8 Å². The van der Waals surface area contributed by atoms with Crippen molar-refractivity contribution in [3.63, 3.8) is 0 Å². The van der Waals surface area contributed by atoms with E-state index in [4.69, 9.17) is 9.84 Å². The van der Waals surface area contributed by atoms with Crippen LogP contribution in [-0.2, 0) is 25.7 Å². The first-order valence-electron chi connectivity index (χ1n) is 8.69. The second kappa shape index (κ2) is 13.5. The second-order valence-electron chi connectivity index (χ2n) is 6.43. The van der Waals surface area contributed by atoms with Crippen LogP contribution in [0.3, 0.4) is 0 Å². The summed E-state index contributed by atoms with van der Waals surface area (Å²) < 4.78 is 5.10. The first-order valence-corrected chi connectivity index (χ1v) is 9.07. The van der Waals surface area contributed by atoms with Gasteiger partial charge in [0.15, 0.2) is 0 Å². The van der Waals surface area contributed by atoms with Gasteiger partial charge in [0.1, 0.15) is 18.7 Å². The standard InChI is InChI=1S/C17H24N2O5.C2H3ClO/c1-11(2)9-14(15(20)18-12(3)16(21)22)19-17(23)24-10-13-7-5-4-6-8-13;1-2(3)4/h4-8,11-12,14H,9-10H2,1-3H3,(H,18,20)(H,19,23)(H,21,22);1H3/t12-,14-;/m0./s1. The molecule has 0 saturated carbocycles. The minimum Gasteiger partial charge on any atom is -0.480 e. The molecule has 28 heavy (non-hydrogen) atoms. The van der Waals surface area contributed by atoms with E-state index in [9.17, 15) is 19.2 Å². The van der Waals surface area contributed by atoms with Crippen LogP contribution in [0.5, 0.6) is 0 Å². The van der Waals surface area contributed by atoms with Crippen molar-refractivity contribution >= 4 is 34.8 Å². The number of hydrogen-bond acceptors (Lipinski definition) is 5. The molecular weight excluding hydrogens is 388 g/mol. The number of carboxylic acids is 1. The van der Waals surface area contributed by atoms with Gasteiger partial charge in [-0.1, -0.05) is 44.2 Å². The molecule has 0 radical (unpaired) electrons. The van der Waals surface area contributed by atoms with Gasteiger partial charge in [-0.15, -0.1) is 0 Å². The summed E-state index contributed by atoms with van der Waals surface area (Å²) in [6.07, 6.45) is -0.346. The zero-order chi connectivity index (χ0) is 21.7. The average Bonchev–Trinajstić information content (AvgIpc) is 2.59. The summed E-state index contributed by atoms with van der Waals surface area (Å²) >= 11 is 4.64. The third kappa shape index (κ3) is 12.7. The van der Waals surface area contributed by atoms with E-state index in [0.717, 1.165) is 5.56 Å². The van der Waals surface area contributed by atoms with Crippen LogP contribution >= 0.6 is 11.6 Å². The summed E-state index contributed by atoms with van der Waals surface area (Å²) in [5, 5.41) is 13.4. The molecule has 8 nitrogen and oxygen atoms in total. The third-order valence-electron chi connectivity index (χ3n) is 3.26. The van der Waals surface area contributed by atoms with Gasteiger partial charge in [-0.3, -0.25) is 14.4 Å². The summed E-state index contributed by atoms with van der Waals surface area (Å²) in [6, 6.07) is 7.28. The predicted octanol–water partition coefficient (Wildman–Crippen LogP) is 2.69. The number of alkyl carbamates (subject to hydrolysis) is 1.